The fourth-order valence-electron chi connectivity index (χ4n) is 3.18. The minimum atomic E-state index is -1.80. The third kappa shape index (κ3) is 5.66. The topological polar surface area (TPSA) is 107 Å². The molecule has 0 aromatic heterocycles. The molecule has 0 radical (unpaired) electrons. The molecule has 1 saturated heterocycles. The summed E-state index contributed by atoms with van der Waals surface area (Å²) >= 11 is 16.8. The molecule has 30 heavy (non-hydrogen) atoms. The Kier molecular flexibility index (Phi) is 8.54. The number of hydrogen-bond donors (Lipinski definition) is 2. The monoisotopic (exact) mass is 484 g/mol. The number of halogens is 3. The second-order valence-electron chi connectivity index (χ2n) is 6.36. The molecule has 1 fully saturated rings. The van der Waals surface area contributed by atoms with Crippen LogP contribution in [0, 0.1) is 0 Å². The van der Waals surface area contributed by atoms with Crippen LogP contribution in [-0.4, -0.2) is 72.9 Å². The first-order valence-electron chi connectivity index (χ1n) is 8.92. The van der Waals surface area contributed by atoms with Crippen molar-refractivity contribution in [2.24, 2.45) is 0 Å². The van der Waals surface area contributed by atoms with Crippen molar-refractivity contribution in [1.29, 1.82) is 0 Å². The summed E-state index contributed by atoms with van der Waals surface area (Å²) in [7, 11) is 4.13. The molecule has 1 atom stereocenters. The van der Waals surface area contributed by atoms with Gasteiger partial charge in [0.2, 0.25) is 9.54 Å². The number of methoxy groups -OCH3 is 3. The number of carbonyl (C=O) groups excluding carboxylic acids is 2. The van der Waals surface area contributed by atoms with Crippen LogP contribution in [0.1, 0.15) is 23.2 Å². The lowest BCUT2D eigenvalue weighted by Crippen LogP contribution is -2.38. The molecule has 1 aromatic rings. The van der Waals surface area contributed by atoms with Gasteiger partial charge in [0.25, 0.3) is 5.91 Å². The van der Waals surface area contributed by atoms with Gasteiger partial charge in [-0.1, -0.05) is 34.8 Å². The first-order chi connectivity index (χ1) is 14.2. The van der Waals surface area contributed by atoms with Crippen molar-refractivity contribution in [3.8, 4) is 17.2 Å². The van der Waals surface area contributed by atoms with Gasteiger partial charge in [-0.15, -0.1) is 0 Å². The number of benzene rings is 1. The van der Waals surface area contributed by atoms with Crippen LogP contribution in [0.5, 0.6) is 17.2 Å². The van der Waals surface area contributed by atoms with Gasteiger partial charge in [0.1, 0.15) is 12.3 Å². The van der Waals surface area contributed by atoms with Gasteiger partial charge in [0.05, 0.1) is 39.5 Å². The van der Waals surface area contributed by atoms with E-state index < -0.39 is 22.4 Å². The number of amides is 2. The Labute approximate surface area is 189 Å². The summed E-state index contributed by atoms with van der Waals surface area (Å²) in [5, 5.41) is 12.0. The van der Waals surface area contributed by atoms with Gasteiger partial charge < -0.3 is 29.0 Å². The van der Waals surface area contributed by atoms with Crippen LogP contribution in [0.25, 0.3) is 0 Å². The van der Waals surface area contributed by atoms with Crippen molar-refractivity contribution in [2.75, 3.05) is 46.4 Å². The van der Waals surface area contributed by atoms with Crippen LogP contribution in [0.15, 0.2) is 6.07 Å². The molecule has 12 heteroatoms. The molecule has 1 aliphatic heterocycles. The zero-order chi connectivity index (χ0) is 22.5. The van der Waals surface area contributed by atoms with Gasteiger partial charge in [-0.05, 0) is 18.9 Å². The lowest BCUT2D eigenvalue weighted by Gasteiger charge is -2.26. The number of alkyl halides is 3. The van der Waals surface area contributed by atoms with Crippen molar-refractivity contribution < 1.29 is 33.6 Å². The highest BCUT2D eigenvalue weighted by atomic mass is 35.6. The highest BCUT2D eigenvalue weighted by molar-refractivity contribution is 6.67. The normalized spacial score (nSPS) is 16.2. The largest absolute Gasteiger partial charge is 0.493 e. The number of aliphatic hydroxyl groups excluding tert-OH is 1. The molecule has 1 heterocycles. The number of rotatable bonds is 7. The summed E-state index contributed by atoms with van der Waals surface area (Å²) < 4.78 is 19.1. The SMILES string of the molecule is COc1cc(C(=O)N2CCCC2CO)c(NC(=O)OCC(Cl)(Cl)Cl)c(OC)c1OC. The van der Waals surface area contributed by atoms with Gasteiger partial charge in [0.15, 0.2) is 11.5 Å². The first-order valence-corrected chi connectivity index (χ1v) is 10.1. The summed E-state index contributed by atoms with van der Waals surface area (Å²) in [5.74, 6) is -0.000676. The van der Waals surface area contributed by atoms with Crippen LogP contribution in [0.2, 0.25) is 0 Å². The number of likely N-dealkylation sites (tertiary alicyclic amines) is 1. The van der Waals surface area contributed by atoms with Crippen molar-refractivity contribution >= 4 is 52.5 Å². The van der Waals surface area contributed by atoms with Crippen LogP contribution in [-0.2, 0) is 4.74 Å². The summed E-state index contributed by atoms with van der Waals surface area (Å²) in [4.78, 5) is 27.1. The standard InChI is InChI=1S/C18H23Cl3N2O7/c1-27-12-7-11(16(25)23-6-4-5-10(23)8-24)13(15(29-3)14(12)28-2)22-17(26)30-9-18(19,20)21/h7,10,24H,4-6,8-9H2,1-3H3,(H,22,26). The number of aliphatic hydroxyl groups is 1. The van der Waals surface area contributed by atoms with Crippen molar-refractivity contribution in [2.45, 2.75) is 22.7 Å². The molecule has 2 N–H and O–H groups in total. The Morgan fingerprint density at radius 3 is 2.40 bits per heavy atom. The van der Waals surface area contributed by atoms with Crippen molar-refractivity contribution in [1.82, 2.24) is 4.90 Å². The van der Waals surface area contributed by atoms with Crippen molar-refractivity contribution in [3.05, 3.63) is 11.6 Å². The number of nitrogens with one attached hydrogen (secondary N) is 1. The van der Waals surface area contributed by atoms with Crippen molar-refractivity contribution in [3.63, 3.8) is 0 Å². The Morgan fingerprint density at radius 2 is 1.87 bits per heavy atom. The average Bonchev–Trinajstić information content (AvgIpc) is 3.19. The number of carbonyl (C=O) groups is 2. The second-order valence-corrected chi connectivity index (χ2v) is 8.88. The summed E-state index contributed by atoms with van der Waals surface area (Å²) in [6, 6.07) is 1.09. The molecule has 168 valence electrons. The Hall–Kier alpha value is -1.81. The van der Waals surface area contributed by atoms with Gasteiger partial charge in [-0.2, -0.15) is 0 Å². The van der Waals surface area contributed by atoms with E-state index in [0.29, 0.717) is 13.0 Å². The Morgan fingerprint density at radius 1 is 1.20 bits per heavy atom. The van der Waals surface area contributed by atoms with E-state index in [1.54, 1.807) is 0 Å². The van der Waals surface area contributed by atoms with E-state index in [4.69, 9.17) is 53.8 Å². The van der Waals surface area contributed by atoms with E-state index in [2.05, 4.69) is 5.32 Å². The molecular formula is C18H23Cl3N2O7. The molecule has 1 aliphatic rings. The van der Waals surface area contributed by atoms with E-state index in [9.17, 15) is 14.7 Å². The maximum atomic E-state index is 13.3. The van der Waals surface area contributed by atoms with Crippen LogP contribution < -0.4 is 19.5 Å². The van der Waals surface area contributed by atoms with E-state index in [-0.39, 0.29) is 41.1 Å². The molecule has 2 rings (SSSR count). The molecule has 2 amide bonds. The molecule has 1 unspecified atom stereocenters. The first kappa shape index (κ1) is 24.5. The molecule has 0 spiro atoms. The number of hydrogen-bond acceptors (Lipinski definition) is 7. The lowest BCUT2D eigenvalue weighted by atomic mass is 10.1. The highest BCUT2D eigenvalue weighted by Gasteiger charge is 2.34. The summed E-state index contributed by atoms with van der Waals surface area (Å²) in [6.45, 7) is -0.233. The minimum Gasteiger partial charge on any atom is -0.493 e. The fraction of sp³-hybridized carbons (Fsp3) is 0.556. The zero-order valence-corrected chi connectivity index (χ0v) is 18.9. The van der Waals surface area contributed by atoms with Gasteiger partial charge in [0, 0.05) is 6.54 Å². The Balaban J connectivity index is 2.50. The zero-order valence-electron chi connectivity index (χ0n) is 16.7. The molecule has 9 nitrogen and oxygen atoms in total. The van der Waals surface area contributed by atoms with Gasteiger partial charge >= 0.3 is 6.09 Å². The average molecular weight is 486 g/mol. The Bertz CT molecular complexity index is 786. The van der Waals surface area contributed by atoms with E-state index in [1.807, 2.05) is 0 Å². The predicted molar refractivity (Wildman–Crippen MR) is 113 cm³/mol. The number of nitrogens with zero attached hydrogens (tertiary/aromatic N) is 1. The lowest BCUT2D eigenvalue weighted by molar-refractivity contribution is 0.0678. The highest BCUT2D eigenvalue weighted by Crippen LogP contribution is 2.46. The predicted octanol–water partition coefficient (Wildman–Crippen LogP) is 3.23. The summed E-state index contributed by atoms with van der Waals surface area (Å²) in [5.41, 5.74) is 0.0636. The minimum absolute atomic E-state index is 0.00180. The number of anilines is 1. The molecule has 1 aromatic carbocycles. The van der Waals surface area contributed by atoms with Crippen LogP contribution in [0.3, 0.4) is 0 Å². The maximum absolute atomic E-state index is 13.3. The van der Waals surface area contributed by atoms with Gasteiger partial charge in [-0.25, -0.2) is 4.79 Å². The van der Waals surface area contributed by atoms with Gasteiger partial charge in [-0.3, -0.25) is 10.1 Å². The molecule has 0 saturated carbocycles. The fourth-order valence-corrected chi connectivity index (χ4v) is 3.35. The number of ether oxygens (including phenoxy) is 4. The smallest absolute Gasteiger partial charge is 0.411 e. The third-order valence-electron chi connectivity index (χ3n) is 4.50. The third-order valence-corrected chi connectivity index (χ3v) is 4.83. The second kappa shape index (κ2) is 10.5. The quantitative estimate of drug-likeness (QED) is 0.571. The summed E-state index contributed by atoms with van der Waals surface area (Å²) in [6.07, 6.45) is 0.442. The molecule has 0 bridgehead atoms. The van der Waals surface area contributed by atoms with E-state index in [1.165, 1.54) is 32.3 Å². The van der Waals surface area contributed by atoms with Crippen LogP contribution in [0.4, 0.5) is 10.5 Å². The van der Waals surface area contributed by atoms with Crippen LogP contribution >= 0.6 is 34.8 Å². The molecule has 0 aliphatic carbocycles. The van der Waals surface area contributed by atoms with E-state index >= 15 is 0 Å². The van der Waals surface area contributed by atoms with E-state index in [0.717, 1.165) is 6.42 Å². The molecular weight excluding hydrogens is 463 g/mol. The maximum Gasteiger partial charge on any atom is 0.411 e.